The lowest BCUT2D eigenvalue weighted by atomic mass is 9.99. The number of benzene rings is 1. The molecule has 0 radical (unpaired) electrons. The highest BCUT2D eigenvalue weighted by atomic mass is 16.2. The molecule has 2 fully saturated rings. The van der Waals surface area contributed by atoms with Crippen LogP contribution in [0.3, 0.4) is 0 Å². The van der Waals surface area contributed by atoms with E-state index in [4.69, 9.17) is 0 Å². The van der Waals surface area contributed by atoms with Gasteiger partial charge in [0, 0.05) is 31.0 Å². The van der Waals surface area contributed by atoms with Crippen molar-refractivity contribution in [2.45, 2.75) is 58.8 Å². The molecule has 0 bridgehead atoms. The number of nitrogens with one attached hydrogen (secondary N) is 2. The van der Waals surface area contributed by atoms with Gasteiger partial charge in [0.25, 0.3) is 0 Å². The Morgan fingerprint density at radius 3 is 2.33 bits per heavy atom. The minimum absolute atomic E-state index is 0.116. The summed E-state index contributed by atoms with van der Waals surface area (Å²) in [6.07, 6.45) is 6.93. The van der Waals surface area contributed by atoms with E-state index in [2.05, 4.69) is 41.5 Å². The van der Waals surface area contributed by atoms with Crippen molar-refractivity contribution in [2.75, 3.05) is 29.9 Å². The summed E-state index contributed by atoms with van der Waals surface area (Å²) < 4.78 is 0. The standard InChI is InChI=1S/C22H33N3O2/c1-3-4-5-14-23-20(26)22(12-13-22)21(27)24-18-6-8-19(9-7-18)25-15-10-17(2)11-16-25/h6-9,17H,3-5,10-16H2,1-2H3,(H,23,26)(H,24,27). The van der Waals surface area contributed by atoms with Crippen molar-refractivity contribution < 1.29 is 9.59 Å². The SMILES string of the molecule is CCCCCNC(=O)C1(C(=O)Nc2ccc(N3CCC(C)CC3)cc2)CC1. The molecule has 1 saturated heterocycles. The quantitative estimate of drug-likeness (QED) is 0.537. The minimum atomic E-state index is -0.853. The van der Waals surface area contributed by atoms with E-state index in [9.17, 15) is 9.59 Å². The summed E-state index contributed by atoms with van der Waals surface area (Å²) in [4.78, 5) is 27.5. The highest BCUT2D eigenvalue weighted by molar-refractivity contribution is 6.13. The van der Waals surface area contributed by atoms with Crippen molar-refractivity contribution in [3.63, 3.8) is 0 Å². The molecule has 148 valence electrons. The number of carbonyl (C=O) groups excluding carboxylic acids is 2. The molecule has 2 aliphatic rings. The molecule has 0 aromatic heterocycles. The number of nitrogens with zero attached hydrogens (tertiary/aromatic N) is 1. The van der Waals surface area contributed by atoms with Crippen molar-refractivity contribution in [2.24, 2.45) is 11.3 Å². The van der Waals surface area contributed by atoms with Crippen LogP contribution in [-0.2, 0) is 9.59 Å². The average molecular weight is 372 g/mol. The number of hydrogen-bond acceptors (Lipinski definition) is 3. The van der Waals surface area contributed by atoms with Crippen molar-refractivity contribution in [3.8, 4) is 0 Å². The topological polar surface area (TPSA) is 61.4 Å². The van der Waals surface area contributed by atoms with Crippen LogP contribution in [0.1, 0.15) is 58.8 Å². The Bertz CT molecular complexity index is 644. The van der Waals surface area contributed by atoms with Gasteiger partial charge >= 0.3 is 0 Å². The maximum Gasteiger partial charge on any atom is 0.240 e. The number of amides is 2. The van der Waals surface area contributed by atoms with Crippen LogP contribution in [-0.4, -0.2) is 31.4 Å². The first-order valence-electron chi connectivity index (χ1n) is 10.5. The van der Waals surface area contributed by atoms with Gasteiger partial charge in [-0.3, -0.25) is 9.59 Å². The summed E-state index contributed by atoms with van der Waals surface area (Å²) in [5, 5.41) is 5.88. The van der Waals surface area contributed by atoms with Crippen LogP contribution in [0.5, 0.6) is 0 Å². The van der Waals surface area contributed by atoms with Crippen LogP contribution < -0.4 is 15.5 Å². The summed E-state index contributed by atoms with van der Waals surface area (Å²) in [7, 11) is 0. The van der Waals surface area contributed by atoms with Gasteiger partial charge in [-0.25, -0.2) is 0 Å². The first-order valence-corrected chi connectivity index (χ1v) is 10.5. The average Bonchev–Trinajstić information content (AvgIpc) is 3.49. The first-order chi connectivity index (χ1) is 13.0. The fourth-order valence-corrected chi connectivity index (χ4v) is 3.70. The fourth-order valence-electron chi connectivity index (χ4n) is 3.70. The monoisotopic (exact) mass is 371 g/mol. The van der Waals surface area contributed by atoms with Gasteiger partial charge in [0.05, 0.1) is 0 Å². The number of rotatable bonds is 8. The summed E-state index contributed by atoms with van der Waals surface area (Å²) in [5.41, 5.74) is 1.11. The molecular formula is C22H33N3O2. The van der Waals surface area contributed by atoms with Gasteiger partial charge in [0.2, 0.25) is 11.8 Å². The van der Waals surface area contributed by atoms with Gasteiger partial charge in [-0.1, -0.05) is 26.7 Å². The van der Waals surface area contributed by atoms with E-state index < -0.39 is 5.41 Å². The van der Waals surface area contributed by atoms with E-state index in [0.717, 1.165) is 44.0 Å². The Hall–Kier alpha value is -2.04. The van der Waals surface area contributed by atoms with Crippen molar-refractivity contribution in [1.82, 2.24) is 5.32 Å². The molecule has 1 heterocycles. The molecule has 2 amide bonds. The molecule has 1 aliphatic heterocycles. The Morgan fingerprint density at radius 1 is 1.07 bits per heavy atom. The molecule has 1 aromatic carbocycles. The Kier molecular flexibility index (Phi) is 6.40. The second kappa shape index (κ2) is 8.77. The maximum absolute atomic E-state index is 12.7. The second-order valence-corrected chi connectivity index (χ2v) is 8.22. The fraction of sp³-hybridized carbons (Fsp3) is 0.636. The molecule has 0 atom stereocenters. The van der Waals surface area contributed by atoms with E-state index in [1.54, 1.807) is 0 Å². The number of piperidine rings is 1. The van der Waals surface area contributed by atoms with Gasteiger partial charge in [-0.15, -0.1) is 0 Å². The van der Waals surface area contributed by atoms with Crippen molar-refractivity contribution >= 4 is 23.2 Å². The Morgan fingerprint density at radius 2 is 1.74 bits per heavy atom. The predicted octanol–water partition coefficient (Wildman–Crippen LogP) is 3.95. The highest BCUT2D eigenvalue weighted by Crippen LogP contribution is 2.46. The van der Waals surface area contributed by atoms with Crippen LogP contribution >= 0.6 is 0 Å². The zero-order chi connectivity index (χ0) is 19.3. The molecule has 1 aliphatic carbocycles. The summed E-state index contributed by atoms with van der Waals surface area (Å²) in [6, 6.07) is 8.02. The molecule has 1 saturated carbocycles. The van der Waals surface area contributed by atoms with E-state index >= 15 is 0 Å². The third-order valence-electron chi connectivity index (χ3n) is 5.96. The zero-order valence-corrected chi connectivity index (χ0v) is 16.7. The molecule has 0 unspecified atom stereocenters. The van der Waals surface area contributed by atoms with Crippen molar-refractivity contribution in [3.05, 3.63) is 24.3 Å². The van der Waals surface area contributed by atoms with E-state index in [0.29, 0.717) is 19.4 Å². The molecular weight excluding hydrogens is 338 g/mol. The molecule has 3 rings (SSSR count). The molecule has 2 N–H and O–H groups in total. The van der Waals surface area contributed by atoms with Crippen LogP contribution in [0.25, 0.3) is 0 Å². The largest absolute Gasteiger partial charge is 0.372 e. The maximum atomic E-state index is 12.7. The third-order valence-corrected chi connectivity index (χ3v) is 5.96. The Balaban J connectivity index is 1.52. The van der Waals surface area contributed by atoms with Gasteiger partial charge in [0.1, 0.15) is 5.41 Å². The first kappa shape index (κ1) is 19.7. The zero-order valence-electron chi connectivity index (χ0n) is 16.7. The third kappa shape index (κ3) is 4.82. The number of anilines is 2. The number of carbonyl (C=O) groups is 2. The number of hydrogen-bond donors (Lipinski definition) is 2. The van der Waals surface area contributed by atoms with E-state index in [-0.39, 0.29) is 11.8 Å². The summed E-state index contributed by atoms with van der Waals surface area (Å²) >= 11 is 0. The van der Waals surface area contributed by atoms with Crippen LogP contribution in [0.4, 0.5) is 11.4 Å². The predicted molar refractivity (Wildman–Crippen MR) is 110 cm³/mol. The normalized spacial score (nSPS) is 18.8. The lowest BCUT2D eigenvalue weighted by Gasteiger charge is -2.32. The Labute approximate surface area is 162 Å². The molecule has 5 heteroatoms. The highest BCUT2D eigenvalue weighted by Gasteiger charge is 2.56. The van der Waals surface area contributed by atoms with Crippen LogP contribution in [0.2, 0.25) is 0 Å². The molecule has 0 spiro atoms. The lowest BCUT2D eigenvalue weighted by Crippen LogP contribution is -2.40. The van der Waals surface area contributed by atoms with Crippen LogP contribution in [0.15, 0.2) is 24.3 Å². The number of unbranched alkanes of at least 4 members (excludes halogenated alkanes) is 2. The van der Waals surface area contributed by atoms with Crippen molar-refractivity contribution in [1.29, 1.82) is 0 Å². The summed E-state index contributed by atoms with van der Waals surface area (Å²) in [6.45, 7) is 7.28. The van der Waals surface area contributed by atoms with Gasteiger partial charge < -0.3 is 15.5 Å². The molecule has 5 nitrogen and oxygen atoms in total. The second-order valence-electron chi connectivity index (χ2n) is 8.22. The molecule has 27 heavy (non-hydrogen) atoms. The lowest BCUT2D eigenvalue weighted by molar-refractivity contribution is -0.134. The van der Waals surface area contributed by atoms with Gasteiger partial charge in [-0.2, -0.15) is 0 Å². The van der Waals surface area contributed by atoms with Gasteiger partial charge in [-0.05, 0) is 62.3 Å². The summed E-state index contributed by atoms with van der Waals surface area (Å²) in [5.74, 6) is 0.521. The van der Waals surface area contributed by atoms with Gasteiger partial charge in [0.15, 0.2) is 0 Å². The van der Waals surface area contributed by atoms with Crippen LogP contribution in [0, 0.1) is 11.3 Å². The van der Waals surface area contributed by atoms with E-state index in [1.165, 1.54) is 18.5 Å². The minimum Gasteiger partial charge on any atom is -0.372 e. The smallest absolute Gasteiger partial charge is 0.240 e. The molecule has 1 aromatic rings. The van der Waals surface area contributed by atoms with E-state index in [1.807, 2.05) is 12.1 Å².